The van der Waals surface area contributed by atoms with Gasteiger partial charge in [-0.3, -0.25) is 4.98 Å². The number of benzene rings is 1. The summed E-state index contributed by atoms with van der Waals surface area (Å²) in [5, 5.41) is 3.63. The van der Waals surface area contributed by atoms with E-state index in [0.29, 0.717) is 16.5 Å². The van der Waals surface area contributed by atoms with Crippen molar-refractivity contribution in [2.24, 2.45) is 0 Å². The molecule has 0 aliphatic rings. The molecule has 0 unspecified atom stereocenters. The van der Waals surface area contributed by atoms with Crippen LogP contribution in [0.2, 0.25) is 5.02 Å². The molecule has 0 saturated heterocycles. The lowest BCUT2D eigenvalue weighted by molar-refractivity contribution is 0.479. The molecule has 0 radical (unpaired) electrons. The highest BCUT2D eigenvalue weighted by atomic mass is 79.9. The van der Waals surface area contributed by atoms with Crippen LogP contribution in [-0.2, 0) is 6.54 Å². The molecule has 5 heteroatoms. The van der Waals surface area contributed by atoms with Crippen LogP contribution < -0.4 is 10.1 Å². The zero-order valence-corrected chi connectivity index (χ0v) is 12.1. The summed E-state index contributed by atoms with van der Waals surface area (Å²) in [6.07, 6.45) is 3.46. The maximum Gasteiger partial charge on any atom is 0.147 e. The second-order valence-electron chi connectivity index (χ2n) is 3.74. The highest BCUT2D eigenvalue weighted by Crippen LogP contribution is 2.31. The van der Waals surface area contributed by atoms with Crippen LogP contribution in [0, 0.1) is 0 Å². The van der Waals surface area contributed by atoms with Gasteiger partial charge in [-0.25, -0.2) is 0 Å². The van der Waals surface area contributed by atoms with E-state index in [4.69, 9.17) is 16.3 Å². The molecule has 0 bridgehead atoms. The summed E-state index contributed by atoms with van der Waals surface area (Å²) in [6.45, 7) is 0.746. The summed E-state index contributed by atoms with van der Waals surface area (Å²) in [4.78, 5) is 4.13. The van der Waals surface area contributed by atoms with Crippen molar-refractivity contribution < 1.29 is 4.74 Å². The highest BCUT2D eigenvalue weighted by Gasteiger charge is 2.05. The van der Waals surface area contributed by atoms with Gasteiger partial charge in [0.15, 0.2) is 0 Å². The van der Waals surface area contributed by atoms with Gasteiger partial charge < -0.3 is 10.1 Å². The second kappa shape index (κ2) is 6.18. The minimum atomic E-state index is 0.567. The molecule has 2 rings (SSSR count). The Labute approximate surface area is 119 Å². The van der Waals surface area contributed by atoms with Crippen molar-refractivity contribution in [2.45, 2.75) is 6.54 Å². The smallest absolute Gasteiger partial charge is 0.147 e. The van der Waals surface area contributed by atoms with Crippen molar-refractivity contribution in [3.8, 4) is 11.5 Å². The van der Waals surface area contributed by atoms with E-state index in [-0.39, 0.29) is 0 Å². The molecular formula is C13H12BrClN2O. The van der Waals surface area contributed by atoms with Gasteiger partial charge in [0, 0.05) is 17.2 Å². The monoisotopic (exact) mass is 326 g/mol. The average Bonchev–Trinajstić information content (AvgIpc) is 2.35. The van der Waals surface area contributed by atoms with Crippen LogP contribution in [0.15, 0.2) is 41.1 Å². The number of halogens is 2. The average molecular weight is 328 g/mol. The zero-order valence-electron chi connectivity index (χ0n) is 9.78. The summed E-state index contributed by atoms with van der Waals surface area (Å²) in [7, 11) is 1.89. The van der Waals surface area contributed by atoms with Crippen molar-refractivity contribution in [3.05, 3.63) is 51.7 Å². The summed E-state index contributed by atoms with van der Waals surface area (Å²) < 4.78 is 6.64. The van der Waals surface area contributed by atoms with E-state index in [1.165, 1.54) is 0 Å². The van der Waals surface area contributed by atoms with E-state index in [1.54, 1.807) is 18.5 Å². The van der Waals surface area contributed by atoms with Crippen molar-refractivity contribution in [2.75, 3.05) is 7.05 Å². The van der Waals surface area contributed by atoms with E-state index in [0.717, 1.165) is 16.6 Å². The van der Waals surface area contributed by atoms with Gasteiger partial charge in [0.05, 0.1) is 11.2 Å². The Bertz CT molecular complexity index is 548. The fraction of sp³-hybridized carbons (Fsp3) is 0.154. The van der Waals surface area contributed by atoms with Crippen LogP contribution in [0.4, 0.5) is 0 Å². The van der Waals surface area contributed by atoms with Gasteiger partial charge in [-0.15, -0.1) is 0 Å². The lowest BCUT2D eigenvalue weighted by atomic mass is 10.3. The van der Waals surface area contributed by atoms with Crippen LogP contribution in [0.1, 0.15) is 5.56 Å². The topological polar surface area (TPSA) is 34.2 Å². The second-order valence-corrected chi connectivity index (χ2v) is 5.06. The zero-order chi connectivity index (χ0) is 13.0. The molecule has 94 valence electrons. The number of pyridine rings is 1. The Morgan fingerprint density at radius 2 is 2.17 bits per heavy atom. The largest absolute Gasteiger partial charge is 0.454 e. The molecule has 2 aromatic rings. The maximum absolute atomic E-state index is 6.07. The standard InChI is InChI=1S/C13H12BrClN2O/c1-16-6-9-4-11(8-17-7-9)18-13-5-10(14)2-3-12(13)15/h2-5,7-8,16H,6H2,1H3. The third kappa shape index (κ3) is 3.45. The predicted octanol–water partition coefficient (Wildman–Crippen LogP) is 4.01. The van der Waals surface area contributed by atoms with Crippen LogP contribution >= 0.6 is 27.5 Å². The summed E-state index contributed by atoms with van der Waals surface area (Å²) in [5.74, 6) is 1.28. The first-order chi connectivity index (χ1) is 8.69. The fourth-order valence-corrected chi connectivity index (χ4v) is 2.00. The molecule has 18 heavy (non-hydrogen) atoms. The van der Waals surface area contributed by atoms with Gasteiger partial charge in [-0.2, -0.15) is 0 Å². The minimum Gasteiger partial charge on any atom is -0.454 e. The molecule has 0 amide bonds. The van der Waals surface area contributed by atoms with Crippen LogP contribution in [0.5, 0.6) is 11.5 Å². The van der Waals surface area contributed by atoms with E-state index in [9.17, 15) is 0 Å². The van der Waals surface area contributed by atoms with E-state index < -0.39 is 0 Å². The van der Waals surface area contributed by atoms with E-state index in [2.05, 4.69) is 26.2 Å². The molecule has 0 saturated carbocycles. The van der Waals surface area contributed by atoms with Gasteiger partial charge in [-0.05, 0) is 36.9 Å². The Morgan fingerprint density at radius 3 is 2.94 bits per heavy atom. The molecule has 3 nitrogen and oxygen atoms in total. The molecule has 1 aromatic heterocycles. The number of ether oxygens (including phenoxy) is 1. The van der Waals surface area contributed by atoms with Gasteiger partial charge in [-0.1, -0.05) is 27.5 Å². The molecule has 0 atom stereocenters. The Kier molecular flexibility index (Phi) is 4.58. The van der Waals surface area contributed by atoms with Crippen LogP contribution in [0.3, 0.4) is 0 Å². The molecule has 1 aromatic carbocycles. The number of hydrogen-bond acceptors (Lipinski definition) is 3. The molecule has 0 aliphatic heterocycles. The molecule has 0 spiro atoms. The predicted molar refractivity (Wildman–Crippen MR) is 76.2 cm³/mol. The maximum atomic E-state index is 6.07. The molecule has 1 N–H and O–H groups in total. The minimum absolute atomic E-state index is 0.567. The molecular weight excluding hydrogens is 316 g/mol. The number of nitrogens with zero attached hydrogens (tertiary/aromatic N) is 1. The Balaban J connectivity index is 2.22. The first-order valence-corrected chi connectivity index (χ1v) is 6.57. The van der Waals surface area contributed by atoms with Gasteiger partial charge in [0.1, 0.15) is 11.5 Å². The van der Waals surface area contributed by atoms with Gasteiger partial charge in [0.2, 0.25) is 0 Å². The van der Waals surface area contributed by atoms with Crippen molar-refractivity contribution >= 4 is 27.5 Å². The quantitative estimate of drug-likeness (QED) is 0.921. The van der Waals surface area contributed by atoms with E-state index in [1.807, 2.05) is 25.2 Å². The first kappa shape index (κ1) is 13.3. The fourth-order valence-electron chi connectivity index (χ4n) is 1.50. The lowest BCUT2D eigenvalue weighted by Crippen LogP contribution is -2.05. The number of rotatable bonds is 4. The SMILES string of the molecule is CNCc1cncc(Oc2cc(Br)ccc2Cl)c1. The summed E-state index contributed by atoms with van der Waals surface area (Å²) in [5.41, 5.74) is 1.06. The van der Waals surface area contributed by atoms with Crippen molar-refractivity contribution in [3.63, 3.8) is 0 Å². The molecule has 0 aliphatic carbocycles. The van der Waals surface area contributed by atoms with Gasteiger partial charge in [0.25, 0.3) is 0 Å². The normalized spacial score (nSPS) is 10.4. The van der Waals surface area contributed by atoms with E-state index >= 15 is 0 Å². The molecule has 0 fully saturated rings. The van der Waals surface area contributed by atoms with Crippen molar-refractivity contribution in [1.82, 2.24) is 10.3 Å². The number of hydrogen-bond donors (Lipinski definition) is 1. The Hall–Kier alpha value is -1.10. The summed E-state index contributed by atoms with van der Waals surface area (Å²) >= 11 is 9.45. The number of aromatic nitrogens is 1. The number of nitrogens with one attached hydrogen (secondary N) is 1. The Morgan fingerprint density at radius 1 is 1.33 bits per heavy atom. The van der Waals surface area contributed by atoms with Gasteiger partial charge >= 0.3 is 0 Å². The highest BCUT2D eigenvalue weighted by molar-refractivity contribution is 9.10. The van der Waals surface area contributed by atoms with Crippen LogP contribution in [-0.4, -0.2) is 12.0 Å². The third-order valence-corrected chi connectivity index (χ3v) is 3.08. The third-order valence-electron chi connectivity index (χ3n) is 2.27. The van der Waals surface area contributed by atoms with Crippen molar-refractivity contribution in [1.29, 1.82) is 0 Å². The lowest BCUT2D eigenvalue weighted by Gasteiger charge is -2.09. The van der Waals surface area contributed by atoms with Crippen LogP contribution in [0.25, 0.3) is 0 Å². The summed E-state index contributed by atoms with van der Waals surface area (Å²) in [6, 6.07) is 7.41. The molecule has 1 heterocycles. The first-order valence-electron chi connectivity index (χ1n) is 5.40.